The van der Waals surface area contributed by atoms with Crippen molar-refractivity contribution in [1.82, 2.24) is 25.9 Å². The van der Waals surface area contributed by atoms with Crippen molar-refractivity contribution in [3.05, 3.63) is 18.2 Å². The lowest BCUT2D eigenvalue weighted by Gasteiger charge is -2.26. The van der Waals surface area contributed by atoms with Crippen molar-refractivity contribution in [3.8, 4) is 0 Å². The van der Waals surface area contributed by atoms with Crippen molar-refractivity contribution in [2.75, 3.05) is 0 Å². The molecule has 1 heterocycles. The smallest absolute Gasteiger partial charge is 0.325 e. The van der Waals surface area contributed by atoms with Crippen molar-refractivity contribution in [2.24, 2.45) is 5.73 Å². The Morgan fingerprint density at radius 3 is 2.13 bits per heavy atom. The minimum absolute atomic E-state index is 0.0518. The molecule has 0 spiro atoms. The van der Waals surface area contributed by atoms with Crippen molar-refractivity contribution in [1.29, 1.82) is 0 Å². The number of nitrogens with zero attached hydrogens (tertiary/aromatic N) is 1. The second-order valence-corrected chi connectivity index (χ2v) is 6.90. The van der Waals surface area contributed by atoms with Gasteiger partial charge in [0.1, 0.15) is 24.2 Å². The average Bonchev–Trinajstić information content (AvgIpc) is 3.16. The molecule has 9 N–H and O–H groups in total. The summed E-state index contributed by atoms with van der Waals surface area (Å²) in [6, 6.07) is -5.26. The number of carbonyl (C=O) groups excluding carboxylic acids is 3. The van der Waals surface area contributed by atoms with Crippen LogP contribution in [0, 0.1) is 0 Å². The number of rotatable bonds is 11. The van der Waals surface area contributed by atoms with E-state index in [0.29, 0.717) is 5.69 Å². The highest BCUT2D eigenvalue weighted by Gasteiger charge is 2.32. The average molecular weight is 428 g/mol. The maximum absolute atomic E-state index is 12.8. The molecular formula is C17H28N6O7. The molecule has 1 aromatic rings. The first-order valence-electron chi connectivity index (χ1n) is 9.16. The summed E-state index contributed by atoms with van der Waals surface area (Å²) in [5.74, 6) is -3.85. The van der Waals surface area contributed by atoms with Crippen LogP contribution in [0.15, 0.2) is 12.5 Å². The van der Waals surface area contributed by atoms with Gasteiger partial charge in [-0.3, -0.25) is 19.2 Å². The van der Waals surface area contributed by atoms with Gasteiger partial charge in [0.25, 0.3) is 0 Å². The number of aromatic nitrogens is 2. The Morgan fingerprint density at radius 1 is 1.03 bits per heavy atom. The van der Waals surface area contributed by atoms with Gasteiger partial charge < -0.3 is 42.0 Å². The summed E-state index contributed by atoms with van der Waals surface area (Å²) < 4.78 is 0. The van der Waals surface area contributed by atoms with Gasteiger partial charge in [-0.15, -0.1) is 0 Å². The van der Waals surface area contributed by atoms with E-state index >= 15 is 0 Å². The zero-order valence-electron chi connectivity index (χ0n) is 16.8. The Kier molecular flexibility index (Phi) is 9.36. The van der Waals surface area contributed by atoms with Crippen molar-refractivity contribution in [3.63, 3.8) is 0 Å². The molecule has 0 aromatic carbocycles. The molecule has 6 unspecified atom stereocenters. The monoisotopic (exact) mass is 428 g/mol. The third-order valence-electron chi connectivity index (χ3n) is 4.23. The van der Waals surface area contributed by atoms with Crippen LogP contribution >= 0.6 is 0 Å². The first-order chi connectivity index (χ1) is 13.9. The Labute approximate surface area is 172 Å². The number of hydrogen-bond acceptors (Lipinski definition) is 8. The number of aliphatic carboxylic acids is 1. The minimum atomic E-state index is -1.48. The predicted octanol–water partition coefficient (Wildman–Crippen LogP) is -3.40. The van der Waals surface area contributed by atoms with E-state index in [2.05, 4.69) is 25.9 Å². The summed E-state index contributed by atoms with van der Waals surface area (Å²) in [5, 5.41) is 35.1. The molecule has 0 bridgehead atoms. The molecule has 0 aliphatic rings. The zero-order chi connectivity index (χ0) is 23.0. The Bertz CT molecular complexity index is 737. The fourth-order valence-electron chi connectivity index (χ4n) is 2.34. The fraction of sp³-hybridized carbons (Fsp3) is 0.588. The molecule has 30 heavy (non-hydrogen) atoms. The Balaban J connectivity index is 2.98. The Morgan fingerprint density at radius 2 is 1.67 bits per heavy atom. The van der Waals surface area contributed by atoms with Gasteiger partial charge in [0, 0.05) is 18.3 Å². The van der Waals surface area contributed by atoms with E-state index in [1.54, 1.807) is 0 Å². The minimum Gasteiger partial charge on any atom is -0.480 e. The van der Waals surface area contributed by atoms with Gasteiger partial charge in [0.05, 0.1) is 18.5 Å². The molecule has 0 fully saturated rings. The van der Waals surface area contributed by atoms with Gasteiger partial charge in [0.2, 0.25) is 17.7 Å². The van der Waals surface area contributed by atoms with Crippen LogP contribution in [0.2, 0.25) is 0 Å². The molecular weight excluding hydrogens is 400 g/mol. The summed E-state index contributed by atoms with van der Waals surface area (Å²) in [6.45, 7) is 3.77. The van der Waals surface area contributed by atoms with E-state index in [9.17, 15) is 29.4 Å². The van der Waals surface area contributed by atoms with Crippen LogP contribution in [0.1, 0.15) is 26.5 Å². The van der Waals surface area contributed by atoms with Crippen molar-refractivity contribution < 1.29 is 34.5 Å². The summed E-state index contributed by atoms with van der Waals surface area (Å²) >= 11 is 0. The first-order valence-corrected chi connectivity index (χ1v) is 9.16. The molecule has 0 saturated carbocycles. The third-order valence-corrected chi connectivity index (χ3v) is 4.23. The largest absolute Gasteiger partial charge is 0.480 e. The molecule has 168 valence electrons. The molecule has 0 radical (unpaired) electrons. The maximum atomic E-state index is 12.8. The number of nitrogens with two attached hydrogens (primary N) is 1. The standard InChI is InChI=1S/C17H28N6O7/c1-7(17(29)30)21-16(28)13(9(3)25)23-14(26)11(4-10-5-19-6-20-10)22-15(27)12(18)8(2)24/h5-9,11-13,24-25H,4,18H2,1-3H3,(H,19,20)(H,21,28)(H,22,27)(H,23,26)(H,29,30). The van der Waals surface area contributed by atoms with Crippen molar-refractivity contribution in [2.45, 2.75) is 63.6 Å². The van der Waals surface area contributed by atoms with E-state index in [4.69, 9.17) is 10.8 Å². The van der Waals surface area contributed by atoms with Crippen LogP contribution in [0.4, 0.5) is 0 Å². The van der Waals surface area contributed by atoms with E-state index in [1.807, 2.05) is 0 Å². The molecule has 1 aromatic heterocycles. The lowest BCUT2D eigenvalue weighted by Crippen LogP contribution is -2.60. The van der Waals surface area contributed by atoms with E-state index in [1.165, 1.54) is 33.3 Å². The molecule has 6 atom stereocenters. The first kappa shape index (κ1) is 25.0. The number of nitrogens with one attached hydrogen (secondary N) is 4. The van der Waals surface area contributed by atoms with Crippen LogP contribution in [-0.4, -0.2) is 85.4 Å². The summed E-state index contributed by atoms with van der Waals surface area (Å²) in [7, 11) is 0. The number of H-pyrrole nitrogens is 1. The fourth-order valence-corrected chi connectivity index (χ4v) is 2.34. The van der Waals surface area contributed by atoms with Crippen LogP contribution in [0.25, 0.3) is 0 Å². The number of carbonyl (C=O) groups is 4. The highest BCUT2D eigenvalue weighted by atomic mass is 16.4. The predicted molar refractivity (Wildman–Crippen MR) is 103 cm³/mol. The second-order valence-electron chi connectivity index (χ2n) is 6.90. The van der Waals surface area contributed by atoms with Gasteiger partial charge >= 0.3 is 5.97 Å². The summed E-state index contributed by atoms with van der Waals surface area (Å²) in [5.41, 5.74) is 6.07. The zero-order valence-corrected chi connectivity index (χ0v) is 16.8. The maximum Gasteiger partial charge on any atom is 0.325 e. The van der Waals surface area contributed by atoms with Gasteiger partial charge in [-0.2, -0.15) is 0 Å². The number of aliphatic hydroxyl groups is 2. The van der Waals surface area contributed by atoms with Crippen LogP contribution < -0.4 is 21.7 Å². The summed E-state index contributed by atoms with van der Waals surface area (Å²) in [4.78, 5) is 54.8. The molecule has 0 aliphatic heterocycles. The number of aromatic amines is 1. The number of carboxylic acids is 1. The van der Waals surface area contributed by atoms with Crippen LogP contribution in [0.3, 0.4) is 0 Å². The number of aliphatic hydroxyl groups excluding tert-OH is 2. The van der Waals surface area contributed by atoms with E-state index in [0.717, 1.165) is 0 Å². The summed E-state index contributed by atoms with van der Waals surface area (Å²) in [6.07, 6.45) is 0.207. The third kappa shape index (κ3) is 7.42. The normalized spacial score (nSPS) is 17.0. The number of hydrogen-bond donors (Lipinski definition) is 8. The molecule has 0 aliphatic carbocycles. The highest BCUT2D eigenvalue weighted by molar-refractivity contribution is 5.94. The highest BCUT2D eigenvalue weighted by Crippen LogP contribution is 2.03. The van der Waals surface area contributed by atoms with Gasteiger partial charge in [0.15, 0.2) is 0 Å². The Hall–Kier alpha value is -3.03. The lowest BCUT2D eigenvalue weighted by molar-refractivity contribution is -0.142. The van der Waals surface area contributed by atoms with Gasteiger partial charge in [-0.25, -0.2) is 4.98 Å². The lowest BCUT2D eigenvalue weighted by atomic mass is 10.1. The SMILES string of the molecule is CC(NC(=O)C(NC(=O)C(Cc1cnc[nH]1)NC(=O)C(N)C(C)O)C(C)O)C(=O)O. The number of amides is 3. The topological polar surface area (TPSA) is 220 Å². The molecule has 1 rings (SSSR count). The van der Waals surface area contributed by atoms with Gasteiger partial charge in [-0.05, 0) is 20.8 Å². The molecule has 13 heteroatoms. The van der Waals surface area contributed by atoms with E-state index < -0.39 is 60.1 Å². The number of carboxylic acid groups (broad SMARTS) is 1. The molecule has 0 saturated heterocycles. The second kappa shape index (κ2) is 11.2. The van der Waals surface area contributed by atoms with E-state index in [-0.39, 0.29) is 6.42 Å². The van der Waals surface area contributed by atoms with Gasteiger partial charge in [-0.1, -0.05) is 0 Å². The van der Waals surface area contributed by atoms with Crippen molar-refractivity contribution >= 4 is 23.7 Å². The molecule has 3 amide bonds. The van der Waals surface area contributed by atoms with Crippen LogP contribution in [-0.2, 0) is 25.6 Å². The quantitative estimate of drug-likeness (QED) is 0.176. The molecule has 13 nitrogen and oxygen atoms in total. The van der Waals surface area contributed by atoms with Crippen LogP contribution in [0.5, 0.6) is 0 Å². The number of imidazole rings is 1.